The number of imidazole rings is 1. The summed E-state index contributed by atoms with van der Waals surface area (Å²) < 4.78 is 2.26. The molecule has 3 heteroatoms. The van der Waals surface area contributed by atoms with Gasteiger partial charge in [0, 0.05) is 23.6 Å². The van der Waals surface area contributed by atoms with E-state index >= 15 is 0 Å². The smallest absolute Gasteiger partial charge is 0.145 e. The summed E-state index contributed by atoms with van der Waals surface area (Å²) in [6, 6.07) is 14.5. The molecular weight excluding hydrogens is 270 g/mol. The van der Waals surface area contributed by atoms with E-state index in [-0.39, 0.29) is 0 Å². The fourth-order valence-electron chi connectivity index (χ4n) is 2.96. The molecule has 4 rings (SSSR count). The van der Waals surface area contributed by atoms with Crippen LogP contribution in [-0.4, -0.2) is 14.5 Å². The van der Waals surface area contributed by atoms with Gasteiger partial charge in [0.05, 0.1) is 11.4 Å². The normalized spacial score (nSPS) is 13.6. The number of rotatable bonds is 2. The highest BCUT2D eigenvalue weighted by Gasteiger charge is 2.20. The van der Waals surface area contributed by atoms with Crippen molar-refractivity contribution in [1.29, 1.82) is 0 Å². The predicted molar refractivity (Wildman–Crippen MR) is 88.8 cm³/mol. The summed E-state index contributed by atoms with van der Waals surface area (Å²) in [6.07, 6.45) is 8.01. The Hall–Kier alpha value is -2.68. The average molecular weight is 287 g/mol. The number of aromatic nitrogens is 3. The number of benzene rings is 1. The lowest BCUT2D eigenvalue weighted by molar-refractivity contribution is 0.890. The summed E-state index contributed by atoms with van der Waals surface area (Å²) >= 11 is 0. The van der Waals surface area contributed by atoms with Crippen molar-refractivity contribution in [3.05, 3.63) is 71.8 Å². The van der Waals surface area contributed by atoms with Crippen LogP contribution in [0.1, 0.15) is 24.7 Å². The van der Waals surface area contributed by atoms with Gasteiger partial charge in [-0.1, -0.05) is 23.8 Å². The first-order chi connectivity index (χ1) is 10.8. The first-order valence-corrected chi connectivity index (χ1v) is 7.57. The third kappa shape index (κ3) is 2.15. The Morgan fingerprint density at radius 1 is 0.955 bits per heavy atom. The second-order valence-electron chi connectivity index (χ2n) is 5.66. The zero-order chi connectivity index (χ0) is 14.9. The second-order valence-corrected chi connectivity index (χ2v) is 5.66. The summed E-state index contributed by atoms with van der Waals surface area (Å²) in [5, 5.41) is 0. The zero-order valence-corrected chi connectivity index (χ0v) is 12.5. The van der Waals surface area contributed by atoms with Crippen LogP contribution in [0.4, 0.5) is 0 Å². The molecule has 1 aliphatic carbocycles. The fraction of sp³-hybridized carbons (Fsp3) is 0.158. The number of nitrogens with zero attached hydrogens (tertiary/aromatic N) is 3. The SMILES string of the molecule is CC1=Cc2c(nc(-c3ccncc3)n2-c2ccccc2)CC1. The van der Waals surface area contributed by atoms with E-state index in [4.69, 9.17) is 4.98 Å². The Morgan fingerprint density at radius 2 is 1.73 bits per heavy atom. The zero-order valence-electron chi connectivity index (χ0n) is 12.5. The second kappa shape index (κ2) is 5.26. The van der Waals surface area contributed by atoms with Gasteiger partial charge in [-0.2, -0.15) is 0 Å². The molecule has 0 fully saturated rings. The van der Waals surface area contributed by atoms with E-state index in [1.54, 1.807) is 0 Å². The number of hydrogen-bond donors (Lipinski definition) is 0. The summed E-state index contributed by atoms with van der Waals surface area (Å²) in [4.78, 5) is 9.04. The van der Waals surface area contributed by atoms with Crippen molar-refractivity contribution in [2.45, 2.75) is 19.8 Å². The standard InChI is InChI=1S/C19H17N3/c1-14-7-8-17-18(13-14)22(16-5-3-2-4-6-16)19(21-17)15-9-11-20-12-10-15/h2-6,9-13H,7-8H2,1H3. The highest BCUT2D eigenvalue weighted by Crippen LogP contribution is 2.31. The van der Waals surface area contributed by atoms with E-state index < -0.39 is 0 Å². The number of aryl methyl sites for hydroxylation is 1. The maximum atomic E-state index is 4.92. The van der Waals surface area contributed by atoms with Gasteiger partial charge in [0.2, 0.25) is 0 Å². The van der Waals surface area contributed by atoms with E-state index in [2.05, 4.69) is 46.8 Å². The average Bonchev–Trinajstić information content (AvgIpc) is 2.95. The minimum Gasteiger partial charge on any atom is -0.293 e. The molecule has 0 atom stereocenters. The lowest BCUT2D eigenvalue weighted by Gasteiger charge is -2.14. The van der Waals surface area contributed by atoms with Crippen molar-refractivity contribution in [3.8, 4) is 17.1 Å². The fourth-order valence-corrected chi connectivity index (χ4v) is 2.96. The molecule has 22 heavy (non-hydrogen) atoms. The van der Waals surface area contributed by atoms with E-state index in [9.17, 15) is 0 Å². The third-order valence-electron chi connectivity index (χ3n) is 4.08. The van der Waals surface area contributed by atoms with Gasteiger partial charge in [-0.3, -0.25) is 9.55 Å². The van der Waals surface area contributed by atoms with Gasteiger partial charge in [-0.25, -0.2) is 4.98 Å². The molecule has 1 aromatic carbocycles. The quantitative estimate of drug-likeness (QED) is 0.704. The van der Waals surface area contributed by atoms with Crippen LogP contribution in [0.3, 0.4) is 0 Å². The van der Waals surface area contributed by atoms with E-state index in [1.165, 1.54) is 17.0 Å². The van der Waals surface area contributed by atoms with Crippen molar-refractivity contribution < 1.29 is 0 Å². The van der Waals surface area contributed by atoms with Crippen molar-refractivity contribution >= 4 is 6.08 Å². The van der Waals surface area contributed by atoms with Gasteiger partial charge >= 0.3 is 0 Å². The molecular formula is C19H17N3. The molecule has 0 aliphatic heterocycles. The first-order valence-electron chi connectivity index (χ1n) is 7.57. The minimum atomic E-state index is 0.990. The maximum Gasteiger partial charge on any atom is 0.145 e. The lowest BCUT2D eigenvalue weighted by atomic mass is 10.0. The minimum absolute atomic E-state index is 0.990. The molecule has 0 saturated carbocycles. The topological polar surface area (TPSA) is 30.7 Å². The highest BCUT2D eigenvalue weighted by molar-refractivity contribution is 5.67. The van der Waals surface area contributed by atoms with Gasteiger partial charge in [-0.05, 0) is 50.1 Å². The molecule has 1 aliphatic rings. The van der Waals surface area contributed by atoms with Crippen LogP contribution in [0, 0.1) is 0 Å². The molecule has 3 aromatic rings. The maximum absolute atomic E-state index is 4.92. The molecule has 0 N–H and O–H groups in total. The van der Waals surface area contributed by atoms with Gasteiger partial charge < -0.3 is 0 Å². The van der Waals surface area contributed by atoms with E-state index in [0.29, 0.717) is 0 Å². The Morgan fingerprint density at radius 3 is 2.50 bits per heavy atom. The van der Waals surface area contributed by atoms with Crippen molar-refractivity contribution in [2.24, 2.45) is 0 Å². The van der Waals surface area contributed by atoms with E-state index in [1.807, 2.05) is 30.6 Å². The molecule has 0 bridgehead atoms. The summed E-state index contributed by atoms with van der Waals surface area (Å²) in [6.45, 7) is 2.19. The molecule has 3 nitrogen and oxygen atoms in total. The van der Waals surface area contributed by atoms with Crippen LogP contribution in [0.25, 0.3) is 23.2 Å². The Kier molecular flexibility index (Phi) is 3.11. The van der Waals surface area contributed by atoms with E-state index in [0.717, 1.165) is 29.9 Å². The number of para-hydroxylation sites is 1. The van der Waals surface area contributed by atoms with Gasteiger partial charge in [0.25, 0.3) is 0 Å². The number of fused-ring (bicyclic) bond motifs is 1. The van der Waals surface area contributed by atoms with Crippen molar-refractivity contribution in [2.75, 3.05) is 0 Å². The third-order valence-corrected chi connectivity index (χ3v) is 4.08. The molecule has 0 spiro atoms. The molecule has 2 aromatic heterocycles. The van der Waals surface area contributed by atoms with Crippen molar-refractivity contribution in [1.82, 2.24) is 14.5 Å². The predicted octanol–water partition coefficient (Wildman–Crippen LogP) is 4.28. The first kappa shape index (κ1) is 13.0. The number of allylic oxidation sites excluding steroid dienone is 1. The van der Waals surface area contributed by atoms with Gasteiger partial charge in [-0.15, -0.1) is 0 Å². The summed E-state index contributed by atoms with van der Waals surface area (Å²) in [7, 11) is 0. The molecule has 2 heterocycles. The molecule has 0 saturated heterocycles. The Bertz CT molecular complexity index is 830. The van der Waals surface area contributed by atoms with Crippen LogP contribution in [0.15, 0.2) is 60.4 Å². The van der Waals surface area contributed by atoms with Gasteiger partial charge in [0.15, 0.2) is 0 Å². The van der Waals surface area contributed by atoms with Crippen LogP contribution < -0.4 is 0 Å². The van der Waals surface area contributed by atoms with Crippen LogP contribution >= 0.6 is 0 Å². The Labute approximate surface area is 130 Å². The molecule has 0 radical (unpaired) electrons. The number of pyridine rings is 1. The molecule has 0 amide bonds. The summed E-state index contributed by atoms with van der Waals surface area (Å²) in [5.74, 6) is 0.990. The monoisotopic (exact) mass is 287 g/mol. The Balaban J connectivity index is 2.00. The largest absolute Gasteiger partial charge is 0.293 e. The van der Waals surface area contributed by atoms with Crippen LogP contribution in [0.2, 0.25) is 0 Å². The highest BCUT2D eigenvalue weighted by atomic mass is 15.1. The van der Waals surface area contributed by atoms with Crippen LogP contribution in [-0.2, 0) is 6.42 Å². The van der Waals surface area contributed by atoms with Crippen molar-refractivity contribution in [3.63, 3.8) is 0 Å². The molecule has 108 valence electrons. The summed E-state index contributed by atoms with van der Waals surface area (Å²) in [5.41, 5.74) is 6.04. The van der Waals surface area contributed by atoms with Gasteiger partial charge in [0.1, 0.15) is 5.82 Å². The number of hydrogen-bond acceptors (Lipinski definition) is 2. The van der Waals surface area contributed by atoms with Crippen LogP contribution in [0.5, 0.6) is 0 Å². The molecule has 0 unspecified atom stereocenters. The lowest BCUT2D eigenvalue weighted by Crippen LogP contribution is -2.03.